The Morgan fingerprint density at radius 1 is 0.900 bits per heavy atom. The lowest BCUT2D eigenvalue weighted by molar-refractivity contribution is -0.136. The number of carbonyl (C=O) groups excluding carboxylic acids is 3. The average molecular weight is 541 g/mol. The number of carbonyl (C=O) groups is 3. The van der Waals surface area contributed by atoms with Crippen LogP contribution in [-0.4, -0.2) is 52.8 Å². The summed E-state index contributed by atoms with van der Waals surface area (Å²) in [4.78, 5) is 40.5. The molecule has 2 fully saturated rings. The van der Waals surface area contributed by atoms with Crippen molar-refractivity contribution in [2.24, 2.45) is 5.73 Å². The predicted octanol–water partition coefficient (Wildman–Crippen LogP) is 3.64. The summed E-state index contributed by atoms with van der Waals surface area (Å²) in [5.41, 5.74) is 9.32. The monoisotopic (exact) mass is 540 g/mol. The first-order valence-electron chi connectivity index (χ1n) is 13.9. The van der Waals surface area contributed by atoms with E-state index in [1.807, 2.05) is 48.5 Å². The Kier molecular flexibility index (Phi) is 8.88. The summed E-state index contributed by atoms with van der Waals surface area (Å²) in [6.45, 7) is 3.85. The van der Waals surface area contributed by atoms with Crippen molar-refractivity contribution in [2.45, 2.75) is 57.5 Å². The Balaban J connectivity index is 0.000000348. The van der Waals surface area contributed by atoms with Gasteiger partial charge in [0, 0.05) is 38.2 Å². The molecule has 2 unspecified atom stereocenters. The van der Waals surface area contributed by atoms with Gasteiger partial charge in [0.15, 0.2) is 0 Å². The molecule has 0 aliphatic carbocycles. The molecule has 0 spiro atoms. The van der Waals surface area contributed by atoms with Gasteiger partial charge < -0.3 is 15.4 Å². The molecule has 40 heavy (non-hydrogen) atoms. The van der Waals surface area contributed by atoms with Crippen molar-refractivity contribution in [1.29, 1.82) is 0 Å². The summed E-state index contributed by atoms with van der Waals surface area (Å²) in [6.07, 6.45) is 2.82. The molecule has 3 heterocycles. The highest BCUT2D eigenvalue weighted by Gasteiger charge is 2.39. The summed E-state index contributed by atoms with van der Waals surface area (Å²) < 4.78 is 6.30. The first-order valence-corrected chi connectivity index (χ1v) is 13.9. The third-order valence-corrected chi connectivity index (χ3v) is 7.59. The zero-order valence-corrected chi connectivity index (χ0v) is 22.6. The van der Waals surface area contributed by atoms with E-state index in [4.69, 9.17) is 10.5 Å². The van der Waals surface area contributed by atoms with Crippen LogP contribution in [0.2, 0.25) is 0 Å². The Morgan fingerprint density at radius 3 is 2.30 bits per heavy atom. The van der Waals surface area contributed by atoms with E-state index in [-0.39, 0.29) is 30.2 Å². The molecule has 8 heteroatoms. The van der Waals surface area contributed by atoms with Gasteiger partial charge >= 0.3 is 0 Å². The molecule has 3 N–H and O–H groups in total. The van der Waals surface area contributed by atoms with Crippen molar-refractivity contribution in [3.05, 3.63) is 101 Å². The molecule has 0 bridgehead atoms. The van der Waals surface area contributed by atoms with Crippen molar-refractivity contribution in [3.63, 3.8) is 0 Å². The maximum Gasteiger partial charge on any atom is 0.255 e. The first-order chi connectivity index (χ1) is 19.5. The topological polar surface area (TPSA) is 105 Å². The molecular formula is C32H36N4O4. The van der Waals surface area contributed by atoms with Gasteiger partial charge in [-0.05, 0) is 60.7 Å². The Morgan fingerprint density at radius 2 is 1.62 bits per heavy atom. The Hall–Kier alpha value is -4.01. The van der Waals surface area contributed by atoms with E-state index >= 15 is 0 Å². The molecule has 3 aliphatic rings. The van der Waals surface area contributed by atoms with Gasteiger partial charge in [-0.15, -0.1) is 0 Å². The van der Waals surface area contributed by atoms with E-state index in [9.17, 15) is 14.4 Å². The fourth-order valence-electron chi connectivity index (χ4n) is 5.53. The summed E-state index contributed by atoms with van der Waals surface area (Å²) in [5, 5.41) is 2.34. The lowest BCUT2D eigenvalue weighted by Crippen LogP contribution is -2.52. The van der Waals surface area contributed by atoms with Crippen LogP contribution in [0.4, 0.5) is 0 Å². The summed E-state index contributed by atoms with van der Waals surface area (Å²) in [5.74, 6) is -0.0690. The fraction of sp³-hybridized carbons (Fsp3) is 0.344. The van der Waals surface area contributed by atoms with Gasteiger partial charge in [0.05, 0.1) is 0 Å². The molecule has 0 aromatic heterocycles. The first kappa shape index (κ1) is 27.6. The molecule has 3 amide bonds. The summed E-state index contributed by atoms with van der Waals surface area (Å²) in [7, 11) is 0. The minimum absolute atomic E-state index is 0.105. The highest BCUT2D eigenvalue weighted by atomic mass is 16.5. The lowest BCUT2D eigenvalue weighted by Gasteiger charge is -2.33. The second kappa shape index (κ2) is 12.9. The molecule has 8 nitrogen and oxygen atoms in total. The zero-order chi connectivity index (χ0) is 27.9. The highest BCUT2D eigenvalue weighted by Crippen LogP contribution is 2.31. The van der Waals surface area contributed by atoms with Gasteiger partial charge in [-0.3, -0.25) is 24.6 Å². The van der Waals surface area contributed by atoms with Crippen molar-refractivity contribution >= 4 is 17.7 Å². The number of piperidine rings is 2. The van der Waals surface area contributed by atoms with E-state index in [2.05, 4.69) is 34.5 Å². The van der Waals surface area contributed by atoms with Crippen LogP contribution >= 0.6 is 0 Å². The van der Waals surface area contributed by atoms with Crippen molar-refractivity contribution < 1.29 is 19.1 Å². The van der Waals surface area contributed by atoms with E-state index in [0.29, 0.717) is 25.1 Å². The number of hydrogen-bond acceptors (Lipinski definition) is 6. The number of amides is 3. The quantitative estimate of drug-likeness (QED) is 0.463. The van der Waals surface area contributed by atoms with Crippen LogP contribution in [0.1, 0.15) is 52.7 Å². The number of hydrogen-bond donors (Lipinski definition) is 2. The molecule has 2 atom stereocenters. The van der Waals surface area contributed by atoms with Crippen LogP contribution in [0.3, 0.4) is 0 Å². The van der Waals surface area contributed by atoms with Crippen LogP contribution in [0.15, 0.2) is 78.9 Å². The van der Waals surface area contributed by atoms with Crippen LogP contribution in [0, 0.1) is 0 Å². The molecule has 3 aromatic rings. The van der Waals surface area contributed by atoms with Crippen molar-refractivity contribution in [1.82, 2.24) is 15.1 Å². The standard InChI is InChI=1S/C25H27N3O4.C7H9N/c29-23-11-10-22(24(30)26-23)28-15-18-13-19(8-9-21(18)25(28)31)32-20-7-4-12-27(16-20)14-17-5-2-1-3-6-17;8-6-7-4-2-1-3-5-7/h1-3,5-6,8-9,13,20,22H,4,7,10-12,14-16H2,(H,26,29,30);1-5H,6,8H2. The molecule has 208 valence electrons. The number of likely N-dealkylation sites (tertiary alicyclic amines) is 1. The highest BCUT2D eigenvalue weighted by molar-refractivity contribution is 6.05. The van der Waals surface area contributed by atoms with Crippen molar-refractivity contribution in [2.75, 3.05) is 13.1 Å². The lowest BCUT2D eigenvalue weighted by atomic mass is 10.0. The van der Waals surface area contributed by atoms with Gasteiger partial charge in [0.1, 0.15) is 17.9 Å². The van der Waals surface area contributed by atoms with Crippen LogP contribution in [0.25, 0.3) is 0 Å². The zero-order valence-electron chi connectivity index (χ0n) is 22.6. The van der Waals surface area contributed by atoms with E-state index in [0.717, 1.165) is 43.8 Å². The molecule has 3 aliphatic heterocycles. The van der Waals surface area contributed by atoms with E-state index in [1.165, 1.54) is 11.1 Å². The molecular weight excluding hydrogens is 504 g/mol. The van der Waals surface area contributed by atoms with Crippen LogP contribution < -0.4 is 15.8 Å². The molecule has 2 saturated heterocycles. The third kappa shape index (κ3) is 6.76. The van der Waals surface area contributed by atoms with Crippen LogP contribution in [-0.2, 0) is 29.2 Å². The number of nitrogens with zero attached hydrogens (tertiary/aromatic N) is 2. The van der Waals surface area contributed by atoms with Gasteiger partial charge in [0.2, 0.25) is 11.8 Å². The van der Waals surface area contributed by atoms with Gasteiger partial charge in [0.25, 0.3) is 5.91 Å². The molecule has 3 aromatic carbocycles. The predicted molar refractivity (Wildman–Crippen MR) is 152 cm³/mol. The Labute approximate surface area is 235 Å². The van der Waals surface area contributed by atoms with E-state index in [1.54, 1.807) is 11.0 Å². The molecule has 0 radical (unpaired) electrons. The second-order valence-electron chi connectivity index (χ2n) is 10.5. The van der Waals surface area contributed by atoms with Gasteiger partial charge in [-0.1, -0.05) is 60.7 Å². The summed E-state index contributed by atoms with van der Waals surface area (Å²) >= 11 is 0. The number of benzene rings is 3. The SMILES string of the molecule is NCc1ccccc1.O=C1CCC(N2Cc3cc(OC4CCCN(Cc5ccccc5)C4)ccc3C2=O)C(=O)N1. The van der Waals surface area contributed by atoms with Gasteiger partial charge in [-0.2, -0.15) is 0 Å². The maximum absolute atomic E-state index is 12.9. The number of rotatable bonds is 6. The maximum atomic E-state index is 12.9. The second-order valence-corrected chi connectivity index (χ2v) is 10.5. The molecule has 6 rings (SSSR count). The smallest absolute Gasteiger partial charge is 0.255 e. The summed E-state index contributed by atoms with van der Waals surface area (Å²) in [6, 6.07) is 25.4. The van der Waals surface area contributed by atoms with Crippen LogP contribution in [0.5, 0.6) is 5.75 Å². The Bertz CT molecular complexity index is 1330. The van der Waals surface area contributed by atoms with E-state index < -0.39 is 6.04 Å². The number of fused-ring (bicyclic) bond motifs is 1. The molecule has 0 saturated carbocycles. The number of nitrogens with two attached hydrogens (primary N) is 1. The number of imide groups is 1. The largest absolute Gasteiger partial charge is 0.489 e. The average Bonchev–Trinajstić information content (AvgIpc) is 3.29. The van der Waals surface area contributed by atoms with Crippen molar-refractivity contribution in [3.8, 4) is 5.75 Å². The van der Waals surface area contributed by atoms with Gasteiger partial charge in [-0.25, -0.2) is 0 Å². The minimum atomic E-state index is -0.596. The fourth-order valence-corrected chi connectivity index (χ4v) is 5.53. The number of ether oxygens (including phenoxy) is 1. The minimum Gasteiger partial charge on any atom is -0.489 e. The normalized spacial score (nSPS) is 20.8. The third-order valence-electron chi connectivity index (χ3n) is 7.59. The number of nitrogens with one attached hydrogen (secondary N) is 1.